The van der Waals surface area contributed by atoms with E-state index in [0.717, 1.165) is 51.5 Å². The number of aromatic amines is 2. The Morgan fingerprint density at radius 2 is 1.25 bits per heavy atom. The number of hydrazone groups is 1. The number of nitrogens with one attached hydrogen (secondary N) is 7. The van der Waals surface area contributed by atoms with Gasteiger partial charge < -0.3 is 45.9 Å². The molecule has 0 radical (unpaired) electrons. The van der Waals surface area contributed by atoms with E-state index in [0.29, 0.717) is 74.3 Å². The van der Waals surface area contributed by atoms with E-state index in [4.69, 9.17) is 4.98 Å². The van der Waals surface area contributed by atoms with Gasteiger partial charge in [0.25, 0.3) is 5.91 Å². The van der Waals surface area contributed by atoms with Crippen molar-refractivity contribution in [1.82, 2.24) is 76.2 Å². The number of H-pyrrole nitrogens is 2. The van der Waals surface area contributed by atoms with Crippen molar-refractivity contribution in [3.63, 3.8) is 0 Å². The van der Waals surface area contributed by atoms with Crippen LogP contribution in [0.3, 0.4) is 0 Å². The Labute approximate surface area is 490 Å². The molecule has 6 atom stereocenters. The Kier molecular flexibility index (Phi) is 15.6. The smallest absolute Gasteiger partial charge is 0.252 e. The molecule has 4 aromatic heterocycles. The number of imidazole rings is 2. The summed E-state index contributed by atoms with van der Waals surface area (Å²) in [6.45, 7) is 6.39. The molecule has 0 bridgehead atoms. The molecule has 9 heterocycles. The molecule has 23 nitrogen and oxygen atoms in total. The molecule has 436 valence electrons. The van der Waals surface area contributed by atoms with Crippen molar-refractivity contribution in [2.24, 2.45) is 5.10 Å². The molecule has 7 N–H and O–H groups in total. The molecule has 12 rings (SSSR count). The second-order valence-corrected chi connectivity index (χ2v) is 22.5. The lowest BCUT2D eigenvalue weighted by Crippen LogP contribution is -2.60. The highest BCUT2D eigenvalue weighted by atomic mass is 16.2. The Morgan fingerprint density at radius 1 is 0.671 bits per heavy atom. The molecule has 2 aromatic carbocycles. The molecule has 1 saturated carbocycles. The van der Waals surface area contributed by atoms with Gasteiger partial charge in [-0.05, 0) is 100 Å². The quantitative estimate of drug-likeness (QED) is 0.0641. The Hall–Kier alpha value is -9.80. The van der Waals surface area contributed by atoms with Crippen molar-refractivity contribution in [2.45, 2.75) is 119 Å². The van der Waals surface area contributed by atoms with E-state index in [2.05, 4.69) is 93.6 Å². The summed E-state index contributed by atoms with van der Waals surface area (Å²) in [4.78, 5) is 130. The Morgan fingerprint density at radius 3 is 1.80 bits per heavy atom. The first-order valence-electron chi connectivity index (χ1n) is 29.0. The number of hydrogen-bond donors (Lipinski definition) is 7. The highest BCUT2D eigenvalue weighted by Gasteiger charge is 2.47. The molecular formula is C62H66N16O7. The maximum atomic E-state index is 15.0. The monoisotopic (exact) mass is 1150 g/mol. The summed E-state index contributed by atoms with van der Waals surface area (Å²) in [5.74, 6) is -1.90. The lowest BCUT2D eigenvalue weighted by Gasteiger charge is -2.44. The van der Waals surface area contributed by atoms with Crippen LogP contribution in [0.5, 0.6) is 0 Å². The van der Waals surface area contributed by atoms with Gasteiger partial charge >= 0.3 is 0 Å². The summed E-state index contributed by atoms with van der Waals surface area (Å²) in [7, 11) is 0. The molecule has 85 heavy (non-hydrogen) atoms. The first-order valence-corrected chi connectivity index (χ1v) is 29.0. The molecule has 5 aliphatic heterocycles. The zero-order valence-corrected chi connectivity index (χ0v) is 47.0. The predicted molar refractivity (Wildman–Crippen MR) is 312 cm³/mol. The largest absolute Gasteiger partial charge is 0.351 e. The van der Waals surface area contributed by atoms with E-state index < -0.39 is 77.2 Å². The second kappa shape index (κ2) is 23.8. The van der Waals surface area contributed by atoms with Crippen LogP contribution in [0.4, 0.5) is 0 Å². The van der Waals surface area contributed by atoms with E-state index in [9.17, 15) is 33.6 Å². The number of fused-ring (bicyclic) bond motifs is 3. The fraction of sp³-hybridized carbons (Fsp3) is 0.355. The summed E-state index contributed by atoms with van der Waals surface area (Å²) >= 11 is 0. The molecule has 1 aliphatic carbocycles. The van der Waals surface area contributed by atoms with Gasteiger partial charge in [-0.25, -0.2) is 15.0 Å². The molecule has 6 aliphatic rings. The average molecular weight is 1150 g/mol. The third-order valence-corrected chi connectivity index (χ3v) is 17.2. The van der Waals surface area contributed by atoms with Crippen LogP contribution in [0, 0.1) is 0 Å². The summed E-state index contributed by atoms with van der Waals surface area (Å²) in [6.07, 6.45) is 17.9. The van der Waals surface area contributed by atoms with Crippen molar-refractivity contribution >= 4 is 53.3 Å². The maximum absolute atomic E-state index is 15.0. The number of hydrogen-bond acceptors (Lipinski definition) is 14. The number of benzene rings is 2. The summed E-state index contributed by atoms with van der Waals surface area (Å²) in [5.41, 5.74) is 9.88. The van der Waals surface area contributed by atoms with Gasteiger partial charge in [0, 0.05) is 85.7 Å². The van der Waals surface area contributed by atoms with Crippen molar-refractivity contribution in [1.29, 1.82) is 0 Å². The molecular weight excluding hydrogens is 1080 g/mol. The van der Waals surface area contributed by atoms with Gasteiger partial charge in [-0.3, -0.25) is 48.9 Å². The molecule has 6 aromatic rings. The minimum absolute atomic E-state index is 0.0118. The maximum Gasteiger partial charge on any atom is 0.252 e. The number of likely N-dealkylation sites (tertiary alicyclic amines) is 3. The van der Waals surface area contributed by atoms with E-state index in [1.807, 2.05) is 47.5 Å². The topological polar surface area (TPSA) is 288 Å². The number of carbonyl (C=O) groups is 7. The van der Waals surface area contributed by atoms with Crippen LogP contribution in [0.1, 0.15) is 103 Å². The molecule has 0 spiro atoms. The van der Waals surface area contributed by atoms with Gasteiger partial charge in [-0.1, -0.05) is 61.2 Å². The highest BCUT2D eigenvalue weighted by Crippen LogP contribution is 2.43. The molecule has 23 heteroatoms. The number of carbonyl (C=O) groups excluding carboxylic acids is 7. The molecule has 0 unspecified atom stereocenters. The molecule has 3 saturated heterocycles. The van der Waals surface area contributed by atoms with Crippen molar-refractivity contribution in [3.8, 4) is 22.4 Å². The lowest BCUT2D eigenvalue weighted by molar-refractivity contribution is -0.145. The fourth-order valence-electron chi connectivity index (χ4n) is 12.6. The molecule has 4 fully saturated rings. The van der Waals surface area contributed by atoms with Gasteiger partial charge in [0.1, 0.15) is 42.1 Å². The lowest BCUT2D eigenvalue weighted by atomic mass is 9.71. The zero-order chi connectivity index (χ0) is 58.8. The number of aromatic nitrogens is 6. The number of amides is 7. The summed E-state index contributed by atoms with van der Waals surface area (Å²) < 4.78 is 0. The van der Waals surface area contributed by atoms with E-state index in [-0.39, 0.29) is 38.3 Å². The van der Waals surface area contributed by atoms with Crippen LogP contribution in [0.15, 0.2) is 134 Å². The second-order valence-electron chi connectivity index (χ2n) is 22.5. The summed E-state index contributed by atoms with van der Waals surface area (Å²) in [6, 6.07) is 17.5. The van der Waals surface area contributed by atoms with Crippen LogP contribution in [0.25, 0.3) is 28.5 Å². The minimum atomic E-state index is -1.18. The van der Waals surface area contributed by atoms with Gasteiger partial charge in [-0.15, -0.1) is 0 Å². The Balaban J connectivity index is 0.729. The SMILES string of the molecule is C=C1NN=C2c3cc(-c4ccccc4)c(-c4ccc(C5(NC(=O)[C@@H]6CCCN6C(=O)[C@H](Cc6c[nH]cn6)NC(=O)[C@@H]6CCCN6C(=O)[C@H](Cc6c[nH]cn6)NC(=O)[C@@H]6CCCN6C(=O)[C@@H](C)NC(=O)c6ccncc6)CCC5)cc4)nc3C=CN12. The first-order chi connectivity index (χ1) is 41.3. The van der Waals surface area contributed by atoms with Crippen LogP contribution in [-0.2, 0) is 47.1 Å². The average Bonchev–Trinajstić information content (AvgIpc) is 3.40. The number of rotatable bonds is 18. The van der Waals surface area contributed by atoms with Gasteiger partial charge in [0.2, 0.25) is 35.4 Å². The van der Waals surface area contributed by atoms with Crippen LogP contribution in [0.2, 0.25) is 0 Å². The van der Waals surface area contributed by atoms with E-state index >= 15 is 0 Å². The van der Waals surface area contributed by atoms with Crippen LogP contribution >= 0.6 is 0 Å². The minimum Gasteiger partial charge on any atom is -0.351 e. The first kappa shape index (κ1) is 55.7. The van der Waals surface area contributed by atoms with E-state index in [1.165, 1.54) is 47.0 Å². The highest BCUT2D eigenvalue weighted by molar-refractivity contribution is 6.07. The normalized spacial score (nSPS) is 20.3. The van der Waals surface area contributed by atoms with Crippen LogP contribution in [-0.4, -0.2) is 153 Å². The predicted octanol–water partition coefficient (Wildman–Crippen LogP) is 4.02. The third kappa shape index (κ3) is 11.3. The fourth-order valence-corrected chi connectivity index (χ4v) is 12.6. The number of pyridine rings is 2. The molecule has 7 amide bonds. The number of nitrogens with zero attached hydrogens (tertiary/aromatic N) is 9. The van der Waals surface area contributed by atoms with Crippen molar-refractivity contribution in [3.05, 3.63) is 163 Å². The standard InChI is InChI=1S/C62H66N16O7/c1-37(68-55(79)41-19-24-63-25-20-41)59(83)76-26-6-12-50(76)56(80)70-48(30-43-33-64-35-66-43)60(84)77-27-7-13-51(77)57(81)71-49(31-44-34-65-36-67-44)61(85)78-28-8-14-52(78)58(82)72-62(22-9-23-62)42-17-15-40(16-18-42)53-45(39-10-4-3-5-11-39)32-46-47(69-53)21-29-75-38(2)73-74-54(46)75/h3-5,10-11,15-21,24-25,29,32-37,48-52,73H,2,6-9,12-14,22-23,26-28,30-31H2,1H3,(H,64,66)(H,65,67)(H,68,79)(H,70,80)(H,71,81)(H,72,82)/t37-,48+,49+,50+,51+,52+/m1/s1. The van der Waals surface area contributed by atoms with Gasteiger partial charge in [0.05, 0.1) is 41.0 Å². The van der Waals surface area contributed by atoms with Gasteiger partial charge in [0.15, 0.2) is 5.84 Å². The third-order valence-electron chi connectivity index (χ3n) is 17.2. The van der Waals surface area contributed by atoms with Crippen molar-refractivity contribution in [2.75, 3.05) is 19.6 Å². The number of amidine groups is 1. The van der Waals surface area contributed by atoms with Gasteiger partial charge in [-0.2, -0.15) is 5.10 Å². The summed E-state index contributed by atoms with van der Waals surface area (Å²) in [5, 5.41) is 16.5. The Bertz CT molecular complexity index is 3590. The van der Waals surface area contributed by atoms with Crippen LogP contribution < -0.4 is 26.7 Å². The van der Waals surface area contributed by atoms with Crippen molar-refractivity contribution < 1.29 is 33.6 Å². The zero-order valence-electron chi connectivity index (χ0n) is 47.0. The van der Waals surface area contributed by atoms with E-state index in [1.54, 1.807) is 24.2 Å².